The Balaban J connectivity index is 5.21. The van der Waals surface area contributed by atoms with E-state index in [2.05, 4.69) is 48.5 Å². The average molecular weight is 1490 g/mol. The lowest BCUT2D eigenvalue weighted by Crippen LogP contribution is -2.30. The molecule has 0 fully saturated rings. The van der Waals surface area contributed by atoms with Gasteiger partial charge in [0.25, 0.3) is 0 Å². The number of phosphoric acid groups is 2. The summed E-state index contributed by atoms with van der Waals surface area (Å²) >= 11 is 0. The van der Waals surface area contributed by atoms with Crippen molar-refractivity contribution in [1.29, 1.82) is 0 Å². The molecule has 0 aliphatic rings. The Labute approximate surface area is 626 Å². The molecule has 0 aromatic rings. The number of hydrogen-bond acceptors (Lipinski definition) is 15. The van der Waals surface area contributed by atoms with E-state index in [0.717, 1.165) is 108 Å². The standard InChI is InChI=1S/C83H162O17P2/c1-8-10-11-12-13-14-28-35-43-50-57-64-80(85)93-71-79(100-83(88)67-60-53-46-39-38-41-48-55-62-75(5)6)73-98-102(91,92)96-69-77(84)68-95-101(89,90)97-72-78(70-94-81(86)65-58-51-44-36-31-26-23-19-20-24-29-33-40-47-54-61-74(3)4)99-82(87)66-59-52-45-37-32-27-22-18-16-15-17-21-25-30-34-42-49-56-63-76(7)9-2/h74-79,84H,8-73H2,1-7H3,(H,89,90)(H,91,92)/t76?,77-,78-,79-/m1/s1. The van der Waals surface area contributed by atoms with Gasteiger partial charge in [-0.05, 0) is 43.4 Å². The first-order chi connectivity index (χ1) is 49.3. The largest absolute Gasteiger partial charge is 0.472 e. The molecule has 19 heteroatoms. The van der Waals surface area contributed by atoms with E-state index in [1.54, 1.807) is 0 Å². The van der Waals surface area contributed by atoms with Crippen LogP contribution in [0.1, 0.15) is 434 Å². The lowest BCUT2D eigenvalue weighted by Gasteiger charge is -2.21. The summed E-state index contributed by atoms with van der Waals surface area (Å²) in [6.07, 6.45) is 62.5. The molecule has 3 N–H and O–H groups in total. The predicted octanol–water partition coefficient (Wildman–Crippen LogP) is 24.9. The van der Waals surface area contributed by atoms with E-state index >= 15 is 0 Å². The minimum Gasteiger partial charge on any atom is -0.462 e. The van der Waals surface area contributed by atoms with Crippen molar-refractivity contribution in [2.45, 2.75) is 452 Å². The van der Waals surface area contributed by atoms with Crippen molar-refractivity contribution in [3.8, 4) is 0 Å². The molecule has 0 aromatic heterocycles. The number of phosphoric ester groups is 2. The van der Waals surface area contributed by atoms with Crippen LogP contribution in [-0.2, 0) is 65.4 Å². The first kappa shape index (κ1) is 100. The molecule has 17 nitrogen and oxygen atoms in total. The van der Waals surface area contributed by atoms with Crippen molar-refractivity contribution in [2.75, 3.05) is 39.6 Å². The van der Waals surface area contributed by atoms with Gasteiger partial charge in [0.05, 0.1) is 26.4 Å². The molecule has 6 atom stereocenters. The quantitative estimate of drug-likeness (QED) is 0.0222. The number of carbonyl (C=O) groups excluding carboxylic acids is 4. The summed E-state index contributed by atoms with van der Waals surface area (Å²) in [5.74, 6) is 0.285. The molecule has 102 heavy (non-hydrogen) atoms. The van der Waals surface area contributed by atoms with Crippen molar-refractivity contribution in [2.24, 2.45) is 17.8 Å². The Hall–Kier alpha value is -1.94. The van der Waals surface area contributed by atoms with E-state index < -0.39 is 97.5 Å². The van der Waals surface area contributed by atoms with Crippen LogP contribution >= 0.6 is 15.6 Å². The fourth-order valence-electron chi connectivity index (χ4n) is 12.8. The maximum atomic E-state index is 13.1. The van der Waals surface area contributed by atoms with Crippen molar-refractivity contribution in [1.82, 2.24) is 0 Å². The number of rotatable bonds is 81. The van der Waals surface area contributed by atoms with Gasteiger partial charge in [-0.25, -0.2) is 9.13 Å². The average Bonchev–Trinajstić information content (AvgIpc) is 0.959. The molecule has 0 radical (unpaired) electrons. The van der Waals surface area contributed by atoms with Crippen LogP contribution in [0, 0.1) is 17.8 Å². The fraction of sp³-hybridized carbons (Fsp3) is 0.952. The SMILES string of the molecule is CCCCCCCCCCCCCC(=O)OC[C@H](COP(=O)(O)OC[C@H](O)COP(=O)(O)OC[C@@H](COC(=O)CCCCCCCCCCCCCCCCCC(C)C)OC(=O)CCCCCCCCCCCCCCCCCCCCC(C)CC)OC(=O)CCCCCCCCCCC(C)C. The highest BCUT2D eigenvalue weighted by molar-refractivity contribution is 7.47. The van der Waals surface area contributed by atoms with E-state index in [9.17, 15) is 43.2 Å². The lowest BCUT2D eigenvalue weighted by atomic mass is 9.99. The van der Waals surface area contributed by atoms with Gasteiger partial charge in [-0.2, -0.15) is 0 Å². The predicted molar refractivity (Wildman–Crippen MR) is 418 cm³/mol. The highest BCUT2D eigenvalue weighted by Crippen LogP contribution is 2.45. The van der Waals surface area contributed by atoms with Gasteiger partial charge < -0.3 is 33.8 Å². The molecule has 0 bridgehead atoms. The summed E-state index contributed by atoms with van der Waals surface area (Å²) in [4.78, 5) is 73.0. The molecule has 0 aliphatic carbocycles. The van der Waals surface area contributed by atoms with Crippen LogP contribution in [-0.4, -0.2) is 96.7 Å². The number of esters is 4. The van der Waals surface area contributed by atoms with E-state index in [1.165, 1.54) is 244 Å². The van der Waals surface area contributed by atoms with Gasteiger partial charge in [-0.3, -0.25) is 37.3 Å². The van der Waals surface area contributed by atoms with Gasteiger partial charge in [0.1, 0.15) is 19.3 Å². The zero-order chi connectivity index (χ0) is 75.1. The Kier molecular flexibility index (Phi) is 71.8. The van der Waals surface area contributed by atoms with Crippen LogP contribution in [0.5, 0.6) is 0 Å². The minimum absolute atomic E-state index is 0.105. The molecule has 0 aromatic carbocycles. The first-order valence-electron chi connectivity index (χ1n) is 42.9. The van der Waals surface area contributed by atoms with Crippen LogP contribution < -0.4 is 0 Å². The molecule has 0 amide bonds. The Morgan fingerprint density at radius 3 is 0.745 bits per heavy atom. The third-order valence-corrected chi connectivity index (χ3v) is 21.6. The van der Waals surface area contributed by atoms with Gasteiger partial charge in [0.2, 0.25) is 0 Å². The van der Waals surface area contributed by atoms with Gasteiger partial charge >= 0.3 is 39.5 Å². The molecule has 606 valence electrons. The van der Waals surface area contributed by atoms with Gasteiger partial charge in [-0.15, -0.1) is 0 Å². The molecule has 0 spiro atoms. The highest BCUT2D eigenvalue weighted by atomic mass is 31.2. The lowest BCUT2D eigenvalue weighted by molar-refractivity contribution is -0.161. The molecular formula is C83H162O17P2. The fourth-order valence-corrected chi connectivity index (χ4v) is 14.4. The third-order valence-electron chi connectivity index (χ3n) is 19.7. The summed E-state index contributed by atoms with van der Waals surface area (Å²) in [7, 11) is -9.92. The Morgan fingerprint density at radius 1 is 0.284 bits per heavy atom. The van der Waals surface area contributed by atoms with Crippen molar-refractivity contribution in [3.63, 3.8) is 0 Å². The zero-order valence-electron chi connectivity index (χ0n) is 67.1. The molecule has 0 aliphatic heterocycles. The summed E-state index contributed by atoms with van der Waals surface area (Å²) in [5.41, 5.74) is 0. The van der Waals surface area contributed by atoms with Crippen LogP contribution in [0.2, 0.25) is 0 Å². The first-order valence-corrected chi connectivity index (χ1v) is 45.9. The molecule has 0 heterocycles. The van der Waals surface area contributed by atoms with Crippen molar-refractivity contribution >= 4 is 39.5 Å². The van der Waals surface area contributed by atoms with Crippen LogP contribution in [0.4, 0.5) is 0 Å². The summed E-state index contributed by atoms with van der Waals surface area (Å²) in [6, 6.07) is 0. The molecule has 0 saturated heterocycles. The second-order valence-corrected chi connectivity index (χ2v) is 34.0. The van der Waals surface area contributed by atoms with Gasteiger partial charge in [-0.1, -0.05) is 382 Å². The second-order valence-electron chi connectivity index (χ2n) is 31.1. The van der Waals surface area contributed by atoms with Crippen LogP contribution in [0.15, 0.2) is 0 Å². The number of ether oxygens (including phenoxy) is 4. The minimum atomic E-state index is -4.96. The summed E-state index contributed by atoms with van der Waals surface area (Å²) < 4.78 is 68.7. The van der Waals surface area contributed by atoms with E-state index in [-0.39, 0.29) is 25.7 Å². The molecule has 0 rings (SSSR count). The number of unbranched alkanes of at least 4 members (excludes halogenated alkanes) is 48. The Bertz CT molecular complexity index is 1980. The van der Waals surface area contributed by atoms with E-state index in [4.69, 9.17) is 37.0 Å². The normalized spacial score (nSPS) is 14.2. The van der Waals surface area contributed by atoms with Crippen molar-refractivity contribution < 1.29 is 80.2 Å². The van der Waals surface area contributed by atoms with E-state index in [0.29, 0.717) is 25.7 Å². The topological polar surface area (TPSA) is 237 Å². The number of aliphatic hydroxyl groups excluding tert-OH is 1. The molecule has 3 unspecified atom stereocenters. The highest BCUT2D eigenvalue weighted by Gasteiger charge is 2.30. The number of hydrogen-bond donors (Lipinski definition) is 3. The summed E-state index contributed by atoms with van der Waals surface area (Å²) in [5, 5.41) is 10.6. The molecule has 0 saturated carbocycles. The van der Waals surface area contributed by atoms with Crippen molar-refractivity contribution in [3.05, 3.63) is 0 Å². The smallest absolute Gasteiger partial charge is 0.462 e. The van der Waals surface area contributed by atoms with Crippen LogP contribution in [0.3, 0.4) is 0 Å². The van der Waals surface area contributed by atoms with Gasteiger partial charge in [0, 0.05) is 25.7 Å². The zero-order valence-corrected chi connectivity index (χ0v) is 68.9. The number of aliphatic hydroxyl groups is 1. The maximum absolute atomic E-state index is 13.1. The van der Waals surface area contributed by atoms with E-state index in [1.807, 2.05) is 0 Å². The Morgan fingerprint density at radius 2 is 0.500 bits per heavy atom. The maximum Gasteiger partial charge on any atom is 0.472 e. The summed E-state index contributed by atoms with van der Waals surface area (Å²) in [6.45, 7) is 12.0. The number of carbonyl (C=O) groups is 4. The second kappa shape index (κ2) is 73.2. The monoisotopic (exact) mass is 1490 g/mol. The van der Waals surface area contributed by atoms with Crippen LogP contribution in [0.25, 0.3) is 0 Å². The van der Waals surface area contributed by atoms with Gasteiger partial charge in [0.15, 0.2) is 12.2 Å². The molecular weight excluding hydrogens is 1330 g/mol. The third kappa shape index (κ3) is 74.9.